The van der Waals surface area contributed by atoms with Crippen molar-refractivity contribution in [3.63, 3.8) is 0 Å². The maximum atomic E-state index is 12.4. The lowest BCUT2D eigenvalue weighted by molar-refractivity contribution is -0.146. The molecule has 2 aliphatic rings. The number of carbonyl (C=O) groups excluding carboxylic acids is 3. The minimum Gasteiger partial charge on any atom is -0.488 e. The van der Waals surface area contributed by atoms with Gasteiger partial charge in [0.25, 0.3) is 0 Å². The largest absolute Gasteiger partial charge is 0.488 e. The number of pyridine rings is 1. The number of hydrogen-bond donors (Lipinski definition) is 0. The molecule has 7 heteroatoms. The molecule has 7 nitrogen and oxygen atoms in total. The predicted octanol–water partition coefficient (Wildman–Crippen LogP) is 1.75. The highest BCUT2D eigenvalue weighted by molar-refractivity contribution is 6.04. The van der Waals surface area contributed by atoms with Crippen LogP contribution in [-0.2, 0) is 14.4 Å². The zero-order valence-electron chi connectivity index (χ0n) is 15.0. The Hall–Kier alpha value is -2.96. The van der Waals surface area contributed by atoms with Gasteiger partial charge in [-0.3, -0.25) is 24.3 Å². The van der Waals surface area contributed by atoms with E-state index in [0.717, 1.165) is 21.6 Å². The van der Waals surface area contributed by atoms with Crippen molar-refractivity contribution in [1.29, 1.82) is 0 Å². The summed E-state index contributed by atoms with van der Waals surface area (Å²) in [6, 6.07) is 9.75. The van der Waals surface area contributed by atoms with Crippen LogP contribution >= 0.6 is 0 Å². The maximum absolute atomic E-state index is 12.4. The summed E-state index contributed by atoms with van der Waals surface area (Å²) in [5.74, 6) is 0.0695. The van der Waals surface area contributed by atoms with Crippen molar-refractivity contribution in [2.75, 3.05) is 19.6 Å². The van der Waals surface area contributed by atoms with Gasteiger partial charge in [-0.1, -0.05) is 18.2 Å². The summed E-state index contributed by atoms with van der Waals surface area (Å²) in [6.45, 7) is 0.965. The first-order valence-corrected chi connectivity index (χ1v) is 9.23. The van der Waals surface area contributed by atoms with Crippen molar-refractivity contribution in [3.05, 3.63) is 36.5 Å². The summed E-state index contributed by atoms with van der Waals surface area (Å²) in [5.41, 5.74) is 0.838. The average Bonchev–Trinajstić information content (AvgIpc) is 3.01. The van der Waals surface area contributed by atoms with Gasteiger partial charge >= 0.3 is 0 Å². The zero-order valence-corrected chi connectivity index (χ0v) is 15.0. The number of carbonyl (C=O) groups is 3. The van der Waals surface area contributed by atoms with E-state index in [1.807, 2.05) is 30.3 Å². The molecule has 3 heterocycles. The number of benzene rings is 1. The van der Waals surface area contributed by atoms with E-state index in [9.17, 15) is 14.4 Å². The van der Waals surface area contributed by atoms with Gasteiger partial charge in [0.05, 0.1) is 0 Å². The van der Waals surface area contributed by atoms with Crippen LogP contribution in [0, 0.1) is 0 Å². The molecule has 0 atom stereocenters. The average molecular weight is 367 g/mol. The van der Waals surface area contributed by atoms with Crippen LogP contribution in [0.2, 0.25) is 0 Å². The fourth-order valence-electron chi connectivity index (χ4n) is 3.61. The van der Waals surface area contributed by atoms with Gasteiger partial charge in [-0.2, -0.15) is 0 Å². The number of hydrogen-bond acceptors (Lipinski definition) is 5. The molecule has 0 unspecified atom stereocenters. The van der Waals surface area contributed by atoms with Crippen LogP contribution in [0.3, 0.4) is 0 Å². The van der Waals surface area contributed by atoms with Crippen LogP contribution in [0.25, 0.3) is 10.9 Å². The third kappa shape index (κ3) is 3.63. The Morgan fingerprint density at radius 2 is 1.78 bits per heavy atom. The first kappa shape index (κ1) is 17.5. The van der Waals surface area contributed by atoms with Crippen molar-refractivity contribution in [3.8, 4) is 5.75 Å². The van der Waals surface area contributed by atoms with Crippen LogP contribution in [0.5, 0.6) is 5.75 Å². The topological polar surface area (TPSA) is 79.8 Å². The molecule has 2 saturated heterocycles. The number of imide groups is 1. The van der Waals surface area contributed by atoms with Gasteiger partial charge in [0.15, 0.2) is 0 Å². The highest BCUT2D eigenvalue weighted by Crippen LogP contribution is 2.26. The third-order valence-electron chi connectivity index (χ3n) is 5.13. The Bertz CT molecular complexity index is 868. The molecule has 0 saturated carbocycles. The summed E-state index contributed by atoms with van der Waals surface area (Å²) in [6.07, 6.45) is 3.59. The molecule has 0 spiro atoms. The number of piperidine rings is 1. The Kier molecular flexibility index (Phi) is 4.75. The zero-order chi connectivity index (χ0) is 18.8. The van der Waals surface area contributed by atoms with Gasteiger partial charge in [0.1, 0.15) is 23.9 Å². The standard InChI is InChI=1S/C20H21N3O4/c24-17-6-7-18(25)23(17)13-19(26)22-11-8-15(9-12-22)27-16-5-1-3-14-4-2-10-21-20(14)16/h1-5,10,15H,6-9,11-13H2. The molecule has 0 aliphatic carbocycles. The molecule has 0 N–H and O–H groups in total. The first-order chi connectivity index (χ1) is 13.1. The molecule has 4 rings (SSSR count). The molecule has 1 aromatic heterocycles. The monoisotopic (exact) mass is 367 g/mol. The van der Waals surface area contributed by atoms with Crippen molar-refractivity contribution in [2.24, 2.45) is 0 Å². The van der Waals surface area contributed by atoms with E-state index in [0.29, 0.717) is 25.9 Å². The van der Waals surface area contributed by atoms with E-state index in [4.69, 9.17) is 4.74 Å². The number of likely N-dealkylation sites (tertiary alicyclic amines) is 2. The van der Waals surface area contributed by atoms with E-state index in [2.05, 4.69) is 4.98 Å². The van der Waals surface area contributed by atoms with E-state index in [1.54, 1.807) is 11.1 Å². The third-order valence-corrected chi connectivity index (χ3v) is 5.13. The molecule has 0 radical (unpaired) electrons. The summed E-state index contributed by atoms with van der Waals surface area (Å²) >= 11 is 0. The number of aromatic nitrogens is 1. The van der Waals surface area contributed by atoms with Gasteiger partial charge < -0.3 is 9.64 Å². The van der Waals surface area contributed by atoms with Crippen LogP contribution in [0.4, 0.5) is 0 Å². The van der Waals surface area contributed by atoms with Crippen LogP contribution in [0.15, 0.2) is 36.5 Å². The predicted molar refractivity (Wildman–Crippen MR) is 97.9 cm³/mol. The van der Waals surface area contributed by atoms with E-state index >= 15 is 0 Å². The SMILES string of the molecule is O=C(CN1C(=O)CCC1=O)N1CCC(Oc2cccc3cccnc23)CC1. The number of amides is 3. The van der Waals surface area contributed by atoms with E-state index in [1.165, 1.54) is 0 Å². The number of ether oxygens (including phenoxy) is 1. The molecule has 2 aliphatic heterocycles. The van der Waals surface area contributed by atoms with Gasteiger partial charge in [0.2, 0.25) is 17.7 Å². The highest BCUT2D eigenvalue weighted by atomic mass is 16.5. The molecule has 27 heavy (non-hydrogen) atoms. The molecule has 1 aromatic carbocycles. The Labute approximate surface area is 156 Å². The molecular weight excluding hydrogens is 346 g/mol. The van der Waals surface area contributed by atoms with Gasteiger partial charge in [0, 0.05) is 50.4 Å². The maximum Gasteiger partial charge on any atom is 0.242 e. The number of fused-ring (bicyclic) bond motifs is 1. The summed E-state index contributed by atoms with van der Waals surface area (Å²) in [7, 11) is 0. The molecule has 140 valence electrons. The van der Waals surface area contributed by atoms with Crippen LogP contribution in [-0.4, -0.2) is 58.2 Å². The summed E-state index contributed by atoms with van der Waals surface area (Å²) in [4.78, 5) is 42.9. The number of rotatable bonds is 4. The van der Waals surface area contributed by atoms with Gasteiger partial charge in [-0.25, -0.2) is 0 Å². The van der Waals surface area contributed by atoms with Crippen molar-refractivity contribution in [1.82, 2.24) is 14.8 Å². The fourth-order valence-corrected chi connectivity index (χ4v) is 3.61. The number of nitrogens with zero attached hydrogens (tertiary/aromatic N) is 3. The molecule has 2 fully saturated rings. The van der Waals surface area contributed by atoms with Crippen molar-refractivity contribution >= 4 is 28.6 Å². The van der Waals surface area contributed by atoms with Gasteiger partial charge in [-0.05, 0) is 12.1 Å². The molecule has 3 amide bonds. The lowest BCUT2D eigenvalue weighted by Crippen LogP contribution is -2.47. The van der Waals surface area contributed by atoms with Crippen LogP contribution < -0.4 is 4.74 Å². The summed E-state index contributed by atoms with van der Waals surface area (Å²) < 4.78 is 6.15. The molecule has 2 aromatic rings. The lowest BCUT2D eigenvalue weighted by Gasteiger charge is -2.33. The fraction of sp³-hybridized carbons (Fsp3) is 0.400. The quantitative estimate of drug-likeness (QED) is 0.769. The molecule has 0 bridgehead atoms. The van der Waals surface area contributed by atoms with E-state index < -0.39 is 0 Å². The first-order valence-electron chi connectivity index (χ1n) is 9.23. The number of para-hydroxylation sites is 1. The lowest BCUT2D eigenvalue weighted by atomic mass is 10.1. The van der Waals surface area contributed by atoms with Gasteiger partial charge in [-0.15, -0.1) is 0 Å². The second-order valence-electron chi connectivity index (χ2n) is 6.90. The minimum atomic E-state index is -0.255. The Morgan fingerprint density at radius 3 is 2.52 bits per heavy atom. The van der Waals surface area contributed by atoms with Crippen molar-refractivity contribution in [2.45, 2.75) is 31.8 Å². The second kappa shape index (κ2) is 7.34. The Balaban J connectivity index is 1.34. The minimum absolute atomic E-state index is 0.0108. The second-order valence-corrected chi connectivity index (χ2v) is 6.90. The van der Waals surface area contributed by atoms with E-state index in [-0.39, 0.29) is 43.2 Å². The molecular formula is C20H21N3O4. The van der Waals surface area contributed by atoms with Crippen molar-refractivity contribution < 1.29 is 19.1 Å². The highest BCUT2D eigenvalue weighted by Gasteiger charge is 2.33. The Morgan fingerprint density at radius 1 is 1.07 bits per heavy atom. The summed E-state index contributed by atoms with van der Waals surface area (Å²) in [5, 5.41) is 1.03. The van der Waals surface area contributed by atoms with Crippen LogP contribution in [0.1, 0.15) is 25.7 Å². The normalized spacial score (nSPS) is 18.4. The smallest absolute Gasteiger partial charge is 0.242 e.